The van der Waals surface area contributed by atoms with Gasteiger partial charge in [-0.2, -0.15) is 18.2 Å². The van der Waals surface area contributed by atoms with E-state index in [1.807, 2.05) is 0 Å². The van der Waals surface area contributed by atoms with Crippen LogP contribution in [-0.4, -0.2) is 75.4 Å². The van der Waals surface area contributed by atoms with Gasteiger partial charge in [0.05, 0.1) is 26.8 Å². The van der Waals surface area contributed by atoms with Crippen molar-refractivity contribution in [2.45, 2.75) is 58.7 Å². The lowest BCUT2D eigenvalue weighted by Gasteiger charge is -2.43. The van der Waals surface area contributed by atoms with E-state index in [0.29, 0.717) is 23.3 Å². The summed E-state index contributed by atoms with van der Waals surface area (Å²) in [4.78, 5) is 22.9. The Balaban J connectivity index is 2.55. The van der Waals surface area contributed by atoms with Crippen LogP contribution in [0.4, 0.5) is 22.0 Å². The summed E-state index contributed by atoms with van der Waals surface area (Å²) in [6, 6.07) is 5.91. The number of rotatable bonds is 10. The quantitative estimate of drug-likeness (QED) is 0.152. The lowest BCUT2D eigenvalue weighted by molar-refractivity contribution is -0.148. The molecule has 1 aliphatic rings. The number of halogens is 5. The minimum atomic E-state index is -4.71. The molecule has 1 aromatic rings. The lowest BCUT2D eigenvalue weighted by Crippen LogP contribution is -2.59. The molecular weight excluding hydrogens is 573 g/mol. The molecule has 238 valence electrons. The molecule has 3 N–H and O–H groups in total. The second-order valence-corrected chi connectivity index (χ2v) is 10.2. The van der Waals surface area contributed by atoms with E-state index in [2.05, 4.69) is 15.3 Å². The third-order valence-electron chi connectivity index (χ3n) is 7.14. The second kappa shape index (κ2) is 15.0. The summed E-state index contributed by atoms with van der Waals surface area (Å²) >= 11 is 0. The van der Waals surface area contributed by atoms with E-state index >= 15 is 0 Å². The molecule has 1 heterocycles. The van der Waals surface area contributed by atoms with E-state index in [4.69, 9.17) is 15.2 Å². The Kier molecular flexibility index (Phi) is 12.3. The number of carbonyl (C=O) groups excluding carboxylic acids is 1. The van der Waals surface area contributed by atoms with Gasteiger partial charge in [-0.05, 0) is 49.5 Å². The number of nitrogens with zero attached hydrogens (tertiary/aromatic N) is 3. The molecule has 1 aromatic carbocycles. The fourth-order valence-electron chi connectivity index (χ4n) is 4.75. The van der Waals surface area contributed by atoms with Crippen molar-refractivity contribution in [3.63, 3.8) is 0 Å². The molecule has 2 rings (SSSR count). The molecule has 0 aromatic heterocycles. The van der Waals surface area contributed by atoms with Gasteiger partial charge in [-0.3, -0.25) is 9.79 Å². The Morgan fingerprint density at radius 2 is 1.95 bits per heavy atom. The van der Waals surface area contributed by atoms with Gasteiger partial charge in [0.15, 0.2) is 0 Å². The Labute approximate surface area is 249 Å². The van der Waals surface area contributed by atoms with Gasteiger partial charge in [0, 0.05) is 31.8 Å². The van der Waals surface area contributed by atoms with E-state index < -0.39 is 54.4 Å². The summed E-state index contributed by atoms with van der Waals surface area (Å²) in [5, 5.41) is 3.00. The first-order valence-corrected chi connectivity index (χ1v) is 13.7. The van der Waals surface area contributed by atoms with E-state index in [9.17, 15) is 26.7 Å². The molecule has 1 aliphatic heterocycles. The largest absolute Gasteiger partial charge is 0.497 e. The zero-order valence-electron chi connectivity index (χ0n) is 25.5. The Morgan fingerprint density at radius 3 is 2.49 bits per heavy atom. The maximum absolute atomic E-state index is 14.8. The number of nitrogens with two attached hydrogens (primary N) is 1. The first-order valence-electron chi connectivity index (χ1n) is 13.7. The SMILES string of the molecule is C\C=C(/C(=N\C(NCC1C(C)CC(F)(F)CN1C(=O)C(N)=C(C=NC)c1cccc(OC)c1)=C(\C)CC)OC)C(F)(F)F. The minimum Gasteiger partial charge on any atom is -0.497 e. The number of methoxy groups -OCH3 is 2. The number of ether oxygens (including phenoxy) is 2. The maximum atomic E-state index is 14.8. The third-order valence-corrected chi connectivity index (χ3v) is 7.14. The fraction of sp³-hybridized carbons (Fsp3) is 0.500. The number of alkyl halides is 5. The van der Waals surface area contributed by atoms with Crippen molar-refractivity contribution in [1.29, 1.82) is 0 Å². The molecule has 43 heavy (non-hydrogen) atoms. The van der Waals surface area contributed by atoms with Crippen LogP contribution in [0.1, 0.15) is 46.1 Å². The highest BCUT2D eigenvalue weighted by Crippen LogP contribution is 2.35. The van der Waals surface area contributed by atoms with Crippen LogP contribution in [0.15, 0.2) is 63.0 Å². The predicted octanol–water partition coefficient (Wildman–Crippen LogP) is 5.72. The number of allylic oxidation sites excluding steroid dienone is 3. The molecule has 0 radical (unpaired) electrons. The number of aliphatic imine (C=N–C) groups is 2. The highest BCUT2D eigenvalue weighted by molar-refractivity contribution is 6.18. The fourth-order valence-corrected chi connectivity index (χ4v) is 4.75. The smallest absolute Gasteiger partial charge is 0.421 e. The van der Waals surface area contributed by atoms with E-state index in [-0.39, 0.29) is 23.6 Å². The van der Waals surface area contributed by atoms with Crippen molar-refractivity contribution in [3.05, 3.63) is 58.6 Å². The molecule has 1 fully saturated rings. The summed E-state index contributed by atoms with van der Waals surface area (Å²) in [5.74, 6) is -4.80. The van der Waals surface area contributed by atoms with Crippen LogP contribution in [0.25, 0.3) is 5.57 Å². The Bertz CT molecular complexity index is 1300. The zero-order valence-corrected chi connectivity index (χ0v) is 25.5. The Morgan fingerprint density at radius 1 is 1.28 bits per heavy atom. The monoisotopic (exact) mass is 613 g/mol. The van der Waals surface area contributed by atoms with Crippen LogP contribution in [0.5, 0.6) is 5.75 Å². The summed E-state index contributed by atoms with van der Waals surface area (Å²) in [5.41, 5.74) is 6.28. The Hall–Kier alpha value is -3.90. The molecule has 1 amide bonds. The number of hydrogen-bond acceptors (Lipinski definition) is 7. The van der Waals surface area contributed by atoms with Gasteiger partial charge < -0.3 is 25.4 Å². The lowest BCUT2D eigenvalue weighted by atomic mass is 9.87. The predicted molar refractivity (Wildman–Crippen MR) is 158 cm³/mol. The van der Waals surface area contributed by atoms with Gasteiger partial charge >= 0.3 is 6.18 Å². The highest BCUT2D eigenvalue weighted by Gasteiger charge is 2.46. The summed E-state index contributed by atoms with van der Waals surface area (Å²) < 4.78 is 80.6. The summed E-state index contributed by atoms with van der Waals surface area (Å²) in [7, 11) is 4.04. The van der Waals surface area contributed by atoms with E-state index in [1.165, 1.54) is 27.3 Å². The van der Waals surface area contributed by atoms with Gasteiger partial charge in [-0.15, -0.1) is 0 Å². The van der Waals surface area contributed by atoms with Crippen LogP contribution < -0.4 is 15.8 Å². The van der Waals surface area contributed by atoms with Crippen molar-refractivity contribution >= 4 is 23.6 Å². The van der Waals surface area contributed by atoms with Crippen LogP contribution >= 0.6 is 0 Å². The molecule has 1 saturated heterocycles. The van der Waals surface area contributed by atoms with E-state index in [1.54, 1.807) is 45.0 Å². The molecule has 2 atom stereocenters. The number of amides is 1. The number of piperidine rings is 1. The molecule has 0 saturated carbocycles. The number of likely N-dealkylation sites (tertiary alicyclic amines) is 1. The van der Waals surface area contributed by atoms with Crippen molar-refractivity contribution in [1.82, 2.24) is 10.2 Å². The molecule has 0 bridgehead atoms. The average molecular weight is 614 g/mol. The topological polar surface area (TPSA) is 102 Å². The first-order chi connectivity index (χ1) is 20.1. The number of nitrogens with one attached hydrogen (secondary N) is 1. The van der Waals surface area contributed by atoms with Crippen LogP contribution in [0.3, 0.4) is 0 Å². The van der Waals surface area contributed by atoms with Crippen LogP contribution in [0, 0.1) is 5.92 Å². The molecule has 0 spiro atoms. The first kappa shape index (κ1) is 35.3. The molecular formula is C30H40F5N5O3. The molecule has 0 aliphatic carbocycles. The van der Waals surface area contributed by atoms with Crippen molar-refractivity contribution in [2.75, 3.05) is 34.4 Å². The number of benzene rings is 1. The normalized spacial score (nSPS) is 20.9. The maximum Gasteiger partial charge on any atom is 0.421 e. The van der Waals surface area contributed by atoms with Gasteiger partial charge in [-0.25, -0.2) is 8.78 Å². The van der Waals surface area contributed by atoms with Crippen molar-refractivity contribution in [3.8, 4) is 5.75 Å². The summed E-state index contributed by atoms with van der Waals surface area (Å²) in [6.45, 7) is 5.28. The molecule has 2 unspecified atom stereocenters. The standard InChI is InChI=1S/C30H40F5N5O3/c1-8-18(3)26(39-27(43-7)23(9-2)30(33,34)35)38-16-24-19(4)14-29(31,32)17-40(24)28(41)25(36)22(15-37-5)20-11-10-12-21(13-20)42-6/h9-13,15,19,24,38H,8,14,16-17,36H2,1-7H3/b23-9+,25-22?,26-18-,37-15?,39-27+. The highest BCUT2D eigenvalue weighted by atomic mass is 19.4. The number of carbonyl (C=O) groups is 1. The van der Waals surface area contributed by atoms with Crippen molar-refractivity contribution in [2.24, 2.45) is 21.6 Å². The second-order valence-electron chi connectivity index (χ2n) is 10.2. The average Bonchev–Trinajstić information content (AvgIpc) is 2.95. The van der Waals surface area contributed by atoms with Crippen LogP contribution in [-0.2, 0) is 9.53 Å². The van der Waals surface area contributed by atoms with Gasteiger partial charge in [0.1, 0.15) is 22.8 Å². The summed E-state index contributed by atoms with van der Waals surface area (Å²) in [6.07, 6.45) is -2.57. The number of hydrogen-bond donors (Lipinski definition) is 2. The third kappa shape index (κ3) is 9.04. The molecule has 13 heteroatoms. The van der Waals surface area contributed by atoms with Gasteiger partial charge in [0.2, 0.25) is 5.90 Å². The molecule has 8 nitrogen and oxygen atoms in total. The van der Waals surface area contributed by atoms with Crippen molar-refractivity contribution < 1.29 is 36.2 Å². The van der Waals surface area contributed by atoms with Gasteiger partial charge in [-0.1, -0.05) is 32.1 Å². The zero-order chi connectivity index (χ0) is 32.5. The van der Waals surface area contributed by atoms with Gasteiger partial charge in [0.25, 0.3) is 11.8 Å². The van der Waals surface area contributed by atoms with Crippen LogP contribution in [0.2, 0.25) is 0 Å². The van der Waals surface area contributed by atoms with E-state index in [0.717, 1.165) is 18.1 Å². The minimum absolute atomic E-state index is 0.0820.